The SMILES string of the molecule is CC/C=C\C/C=C\C/C=C\C/C=C\C/C=C\CCCCCCCC(=O)OCC(COC(=O)CCCCCCC/C=C\C/C=C\CCCCCC)OC(=O)CCCCCCCCCCCCCCCCCCCCCC. The normalized spacial score (nSPS) is 12.6. The second-order valence-corrected chi connectivity index (χ2v) is 21.3. The summed E-state index contributed by atoms with van der Waals surface area (Å²) in [6, 6.07) is 0. The number of carbonyl (C=O) groups is 3. The van der Waals surface area contributed by atoms with Crippen LogP contribution in [0.4, 0.5) is 0 Å². The molecule has 1 atom stereocenters. The van der Waals surface area contributed by atoms with Gasteiger partial charge < -0.3 is 14.2 Å². The van der Waals surface area contributed by atoms with Crippen molar-refractivity contribution in [3.8, 4) is 0 Å². The van der Waals surface area contributed by atoms with E-state index >= 15 is 0 Å². The summed E-state index contributed by atoms with van der Waals surface area (Å²) in [7, 11) is 0. The van der Waals surface area contributed by atoms with Crippen LogP contribution in [0.25, 0.3) is 0 Å². The van der Waals surface area contributed by atoms with E-state index in [1.54, 1.807) is 0 Å². The highest BCUT2D eigenvalue weighted by molar-refractivity contribution is 5.71. The lowest BCUT2D eigenvalue weighted by Gasteiger charge is -2.18. The van der Waals surface area contributed by atoms with E-state index in [-0.39, 0.29) is 31.1 Å². The molecule has 75 heavy (non-hydrogen) atoms. The van der Waals surface area contributed by atoms with Gasteiger partial charge in [0.25, 0.3) is 0 Å². The van der Waals surface area contributed by atoms with Gasteiger partial charge in [0.05, 0.1) is 0 Å². The number of carbonyl (C=O) groups excluding carboxylic acids is 3. The third-order valence-electron chi connectivity index (χ3n) is 13.9. The molecule has 0 saturated carbocycles. The smallest absolute Gasteiger partial charge is 0.306 e. The van der Waals surface area contributed by atoms with E-state index in [4.69, 9.17) is 14.2 Å². The van der Waals surface area contributed by atoms with Crippen molar-refractivity contribution in [2.45, 2.75) is 322 Å². The van der Waals surface area contributed by atoms with Crippen molar-refractivity contribution in [2.24, 2.45) is 0 Å². The van der Waals surface area contributed by atoms with Gasteiger partial charge in [0.1, 0.15) is 13.2 Å². The molecule has 0 aromatic rings. The van der Waals surface area contributed by atoms with Crippen LogP contribution in [0.3, 0.4) is 0 Å². The summed E-state index contributed by atoms with van der Waals surface area (Å²) in [5.74, 6) is -0.905. The van der Waals surface area contributed by atoms with Gasteiger partial charge in [-0.1, -0.05) is 286 Å². The first-order chi connectivity index (χ1) is 37.0. The largest absolute Gasteiger partial charge is 0.462 e. The van der Waals surface area contributed by atoms with Crippen molar-refractivity contribution in [3.63, 3.8) is 0 Å². The number of rotatable bonds is 58. The van der Waals surface area contributed by atoms with Crippen molar-refractivity contribution in [1.29, 1.82) is 0 Å². The quantitative estimate of drug-likeness (QED) is 0.0261. The maximum absolute atomic E-state index is 12.9. The molecular formula is C69H120O6. The summed E-state index contributed by atoms with van der Waals surface area (Å²) >= 11 is 0. The molecule has 6 nitrogen and oxygen atoms in total. The zero-order chi connectivity index (χ0) is 54.3. The lowest BCUT2D eigenvalue weighted by atomic mass is 10.0. The molecule has 0 fully saturated rings. The summed E-state index contributed by atoms with van der Waals surface area (Å²) in [6.45, 7) is 6.52. The Morgan fingerprint density at radius 2 is 0.520 bits per heavy atom. The van der Waals surface area contributed by atoms with Gasteiger partial charge in [0.15, 0.2) is 6.10 Å². The maximum Gasteiger partial charge on any atom is 0.306 e. The van der Waals surface area contributed by atoms with Gasteiger partial charge in [-0.15, -0.1) is 0 Å². The van der Waals surface area contributed by atoms with Crippen LogP contribution in [-0.4, -0.2) is 37.2 Å². The van der Waals surface area contributed by atoms with Crippen LogP contribution in [0.5, 0.6) is 0 Å². The topological polar surface area (TPSA) is 78.9 Å². The Kier molecular flexibility index (Phi) is 60.3. The third kappa shape index (κ3) is 61.3. The zero-order valence-electron chi connectivity index (χ0n) is 49.6. The monoisotopic (exact) mass is 1040 g/mol. The van der Waals surface area contributed by atoms with Crippen LogP contribution < -0.4 is 0 Å². The van der Waals surface area contributed by atoms with Crippen molar-refractivity contribution in [2.75, 3.05) is 13.2 Å². The molecule has 0 N–H and O–H groups in total. The molecule has 0 aliphatic rings. The first-order valence-electron chi connectivity index (χ1n) is 32.1. The maximum atomic E-state index is 12.9. The van der Waals surface area contributed by atoms with E-state index in [0.717, 1.165) is 128 Å². The molecule has 0 aliphatic carbocycles. The van der Waals surface area contributed by atoms with Gasteiger partial charge in [-0.2, -0.15) is 0 Å². The average Bonchev–Trinajstić information content (AvgIpc) is 3.41. The van der Waals surface area contributed by atoms with E-state index in [9.17, 15) is 14.4 Å². The van der Waals surface area contributed by atoms with Gasteiger partial charge in [-0.3, -0.25) is 14.4 Å². The highest BCUT2D eigenvalue weighted by Crippen LogP contribution is 2.17. The van der Waals surface area contributed by atoms with Crippen molar-refractivity contribution >= 4 is 17.9 Å². The van der Waals surface area contributed by atoms with Crippen molar-refractivity contribution < 1.29 is 28.6 Å². The number of esters is 3. The second-order valence-electron chi connectivity index (χ2n) is 21.3. The Labute approximate surface area is 465 Å². The van der Waals surface area contributed by atoms with Crippen LogP contribution >= 0.6 is 0 Å². The second kappa shape index (κ2) is 63.1. The number of unbranched alkanes of at least 4 members (excludes halogenated alkanes) is 33. The summed E-state index contributed by atoms with van der Waals surface area (Å²) in [5, 5.41) is 0. The number of ether oxygens (including phenoxy) is 3. The summed E-state index contributed by atoms with van der Waals surface area (Å²) < 4.78 is 16.9. The molecule has 0 aromatic heterocycles. The molecule has 0 aromatic carbocycles. The molecule has 432 valence electrons. The fourth-order valence-corrected chi connectivity index (χ4v) is 9.09. The van der Waals surface area contributed by atoms with Gasteiger partial charge in [-0.05, 0) is 96.3 Å². The number of allylic oxidation sites excluding steroid dienone is 14. The number of hydrogen-bond donors (Lipinski definition) is 0. The van der Waals surface area contributed by atoms with Crippen LogP contribution in [0, 0.1) is 0 Å². The minimum Gasteiger partial charge on any atom is -0.462 e. The molecule has 0 saturated heterocycles. The summed E-state index contributed by atoms with van der Waals surface area (Å²) in [6.07, 6.45) is 83.0. The minimum absolute atomic E-state index is 0.0879. The molecule has 0 amide bonds. The Hall–Kier alpha value is -3.41. The molecular weight excluding hydrogens is 925 g/mol. The molecule has 0 heterocycles. The van der Waals surface area contributed by atoms with Crippen LogP contribution in [0.15, 0.2) is 85.1 Å². The van der Waals surface area contributed by atoms with E-state index in [1.807, 2.05) is 0 Å². The predicted molar refractivity (Wildman–Crippen MR) is 325 cm³/mol. The lowest BCUT2D eigenvalue weighted by molar-refractivity contribution is -0.167. The molecule has 0 spiro atoms. The number of hydrogen-bond acceptors (Lipinski definition) is 6. The highest BCUT2D eigenvalue weighted by atomic mass is 16.6. The molecule has 1 unspecified atom stereocenters. The Morgan fingerprint density at radius 3 is 0.827 bits per heavy atom. The standard InChI is InChI=1S/C69H120O6/c1-4-7-10-13-16-19-22-25-28-31-33-35-37-38-41-44-47-50-53-56-59-62-68(71)74-65-66(64-73-67(70)61-58-55-52-49-46-43-40-30-27-24-21-18-15-12-9-6-3)75-69(72)63-60-57-54-51-48-45-42-39-36-34-32-29-26-23-20-17-14-11-8-5-2/h7,10,16,19,21,24-25,28,30,33,35,38,40-41,66H,4-6,8-9,11-15,17-18,20,22-23,26-27,29,31-32,34,36-37,39,42-65H2,1-3H3/b10-7-,19-16-,24-21-,28-25-,35-33-,40-30-,41-38-. The van der Waals surface area contributed by atoms with Gasteiger partial charge in [-0.25, -0.2) is 0 Å². The van der Waals surface area contributed by atoms with Gasteiger partial charge in [0, 0.05) is 19.3 Å². The highest BCUT2D eigenvalue weighted by Gasteiger charge is 2.19. The zero-order valence-corrected chi connectivity index (χ0v) is 49.6. The summed E-state index contributed by atoms with van der Waals surface area (Å²) in [4.78, 5) is 38.3. The molecule has 0 bridgehead atoms. The fourth-order valence-electron chi connectivity index (χ4n) is 9.09. The first-order valence-corrected chi connectivity index (χ1v) is 32.1. The third-order valence-corrected chi connectivity index (χ3v) is 13.9. The van der Waals surface area contributed by atoms with E-state index < -0.39 is 6.10 Å². The Morgan fingerprint density at radius 1 is 0.280 bits per heavy atom. The lowest BCUT2D eigenvalue weighted by Crippen LogP contribution is -2.30. The van der Waals surface area contributed by atoms with E-state index in [0.29, 0.717) is 19.3 Å². The molecule has 6 heteroatoms. The average molecular weight is 1050 g/mol. The van der Waals surface area contributed by atoms with Crippen LogP contribution in [-0.2, 0) is 28.6 Å². The van der Waals surface area contributed by atoms with Gasteiger partial charge >= 0.3 is 17.9 Å². The van der Waals surface area contributed by atoms with E-state index in [2.05, 4.69) is 106 Å². The predicted octanol–water partition coefficient (Wildman–Crippen LogP) is 21.9. The van der Waals surface area contributed by atoms with E-state index in [1.165, 1.54) is 148 Å². The first kappa shape index (κ1) is 71.6. The summed E-state index contributed by atoms with van der Waals surface area (Å²) in [5.41, 5.74) is 0. The minimum atomic E-state index is -0.791. The molecule has 0 aliphatic heterocycles. The van der Waals surface area contributed by atoms with Crippen molar-refractivity contribution in [1.82, 2.24) is 0 Å². The van der Waals surface area contributed by atoms with Gasteiger partial charge in [0.2, 0.25) is 0 Å². The Bertz CT molecular complexity index is 1430. The van der Waals surface area contributed by atoms with Crippen LogP contribution in [0.1, 0.15) is 316 Å². The molecule has 0 rings (SSSR count). The van der Waals surface area contributed by atoms with Crippen LogP contribution in [0.2, 0.25) is 0 Å². The van der Waals surface area contributed by atoms with Crippen molar-refractivity contribution in [3.05, 3.63) is 85.1 Å². The molecule has 0 radical (unpaired) electrons. The fraction of sp³-hybridized carbons (Fsp3) is 0.754. The Balaban J connectivity index is 4.41.